The average molecular weight is 343 g/mol. The summed E-state index contributed by atoms with van der Waals surface area (Å²) in [5.41, 5.74) is 0.241. The number of sulfonamides is 1. The van der Waals surface area contributed by atoms with Crippen LogP contribution in [-0.2, 0) is 10.0 Å². The molecule has 2 fully saturated rings. The molecule has 128 valence electrons. The maximum Gasteiger partial charge on any atom is 0.240 e. The van der Waals surface area contributed by atoms with Crippen molar-refractivity contribution in [1.82, 2.24) is 4.72 Å². The molecule has 0 saturated heterocycles. The molecule has 0 aliphatic heterocycles. The molecule has 3 atom stereocenters. The third-order valence-corrected chi connectivity index (χ3v) is 8.59. The largest absolute Gasteiger partial charge is 0.240 e. The summed E-state index contributed by atoms with van der Waals surface area (Å²) in [7, 11) is -3.50. The molecular weight excluding hydrogens is 318 g/mol. The molecule has 0 unspecified atom stereocenters. The summed E-state index contributed by atoms with van der Waals surface area (Å²) in [6, 6.07) is 13.3. The van der Waals surface area contributed by atoms with Crippen LogP contribution < -0.4 is 4.72 Å². The molecule has 2 aliphatic rings. The predicted molar refractivity (Wildman–Crippen MR) is 97.3 cm³/mol. The lowest BCUT2D eigenvalue weighted by molar-refractivity contribution is 0.130. The molecule has 0 spiro atoms. The first-order chi connectivity index (χ1) is 11.2. The second-order valence-corrected chi connectivity index (χ2v) is 10.0. The van der Waals surface area contributed by atoms with Crippen LogP contribution in [0.3, 0.4) is 0 Å². The van der Waals surface area contributed by atoms with E-state index in [1.165, 1.54) is 6.42 Å². The summed E-state index contributed by atoms with van der Waals surface area (Å²) in [5, 5.41) is 2.02. The van der Waals surface area contributed by atoms with E-state index in [-0.39, 0.29) is 16.9 Å². The smallest absolute Gasteiger partial charge is 0.207 e. The Kier molecular flexibility index (Phi) is 3.39. The monoisotopic (exact) mass is 343 g/mol. The molecule has 1 N–H and O–H groups in total. The highest BCUT2D eigenvalue weighted by molar-refractivity contribution is 7.89. The van der Waals surface area contributed by atoms with Crippen LogP contribution in [0.15, 0.2) is 47.4 Å². The van der Waals surface area contributed by atoms with E-state index < -0.39 is 10.0 Å². The summed E-state index contributed by atoms with van der Waals surface area (Å²) >= 11 is 0. The molecule has 0 heterocycles. The SMILES string of the molecule is CC1(C)[C@@H]2CC[C@@]1(C)[C@H](NS(=O)(=O)c1ccc3ccccc3c1)C2. The second-order valence-electron chi connectivity index (χ2n) is 8.29. The van der Waals surface area contributed by atoms with Crippen molar-refractivity contribution in [3.05, 3.63) is 42.5 Å². The van der Waals surface area contributed by atoms with Gasteiger partial charge in [-0.25, -0.2) is 13.1 Å². The van der Waals surface area contributed by atoms with Gasteiger partial charge in [-0.1, -0.05) is 51.1 Å². The summed E-state index contributed by atoms with van der Waals surface area (Å²) < 4.78 is 28.9. The zero-order chi connectivity index (χ0) is 17.2. The zero-order valence-corrected chi connectivity index (χ0v) is 15.4. The first-order valence-electron chi connectivity index (χ1n) is 8.75. The Labute approximate surface area is 144 Å². The van der Waals surface area contributed by atoms with Gasteiger partial charge >= 0.3 is 0 Å². The summed E-state index contributed by atoms with van der Waals surface area (Å²) in [6.45, 7) is 6.86. The molecule has 2 saturated carbocycles. The first-order valence-corrected chi connectivity index (χ1v) is 10.2. The lowest BCUT2D eigenvalue weighted by Gasteiger charge is -2.39. The minimum absolute atomic E-state index is 0.0303. The van der Waals surface area contributed by atoms with Gasteiger partial charge < -0.3 is 0 Å². The average Bonchev–Trinajstić information content (AvgIpc) is 2.87. The highest BCUT2D eigenvalue weighted by atomic mass is 32.2. The highest BCUT2D eigenvalue weighted by Crippen LogP contribution is 2.65. The maximum atomic E-state index is 13.0. The molecule has 0 amide bonds. The van der Waals surface area contributed by atoms with Crippen LogP contribution in [0, 0.1) is 16.7 Å². The van der Waals surface area contributed by atoms with E-state index in [1.54, 1.807) is 12.1 Å². The van der Waals surface area contributed by atoms with Gasteiger partial charge in [0.15, 0.2) is 0 Å². The number of hydrogen-bond donors (Lipinski definition) is 1. The number of rotatable bonds is 3. The van der Waals surface area contributed by atoms with Crippen molar-refractivity contribution in [3.8, 4) is 0 Å². The molecule has 2 aromatic rings. The quantitative estimate of drug-likeness (QED) is 0.901. The van der Waals surface area contributed by atoms with Crippen LogP contribution in [-0.4, -0.2) is 14.5 Å². The van der Waals surface area contributed by atoms with Crippen molar-refractivity contribution in [2.45, 2.75) is 51.0 Å². The predicted octanol–water partition coefficient (Wildman–Crippen LogP) is 4.33. The van der Waals surface area contributed by atoms with E-state index in [4.69, 9.17) is 0 Å². The standard InChI is InChI=1S/C20H25NO2S/c1-19(2)16-10-11-20(19,3)18(13-16)21-24(22,23)17-9-8-14-6-4-5-7-15(14)12-17/h4-9,12,16,18,21H,10-11,13H2,1-3H3/t16-,18-,20+/m1/s1. The molecule has 0 radical (unpaired) electrons. The Balaban J connectivity index is 1.66. The van der Waals surface area contributed by atoms with E-state index in [0.717, 1.165) is 23.6 Å². The molecule has 24 heavy (non-hydrogen) atoms. The fourth-order valence-electron chi connectivity index (χ4n) is 4.97. The van der Waals surface area contributed by atoms with Gasteiger partial charge in [-0.2, -0.15) is 0 Å². The number of hydrogen-bond acceptors (Lipinski definition) is 2. The van der Waals surface area contributed by atoms with Crippen LogP contribution in [0.4, 0.5) is 0 Å². The summed E-state index contributed by atoms with van der Waals surface area (Å²) in [4.78, 5) is 0.366. The van der Waals surface area contributed by atoms with Crippen molar-refractivity contribution < 1.29 is 8.42 Å². The van der Waals surface area contributed by atoms with Crippen LogP contribution >= 0.6 is 0 Å². The number of nitrogens with one attached hydrogen (secondary N) is 1. The minimum atomic E-state index is -3.50. The van der Waals surface area contributed by atoms with E-state index in [0.29, 0.717) is 10.8 Å². The van der Waals surface area contributed by atoms with Crippen molar-refractivity contribution in [3.63, 3.8) is 0 Å². The summed E-state index contributed by atoms with van der Waals surface area (Å²) in [5.74, 6) is 0.617. The fourth-order valence-corrected chi connectivity index (χ4v) is 6.37. The lowest BCUT2D eigenvalue weighted by atomic mass is 9.69. The van der Waals surface area contributed by atoms with Crippen molar-refractivity contribution in [1.29, 1.82) is 0 Å². The molecule has 4 rings (SSSR count). The Hall–Kier alpha value is -1.39. The molecule has 2 bridgehead atoms. The maximum absolute atomic E-state index is 13.0. The second kappa shape index (κ2) is 5.06. The zero-order valence-electron chi connectivity index (χ0n) is 14.5. The van der Waals surface area contributed by atoms with Crippen molar-refractivity contribution in [2.75, 3.05) is 0 Å². The molecule has 2 aliphatic carbocycles. The third-order valence-electron chi connectivity index (χ3n) is 7.12. The Morgan fingerprint density at radius 3 is 2.38 bits per heavy atom. The normalized spacial score (nSPS) is 31.6. The number of fused-ring (bicyclic) bond motifs is 3. The van der Waals surface area contributed by atoms with Gasteiger partial charge in [-0.05, 0) is 58.9 Å². The highest BCUT2D eigenvalue weighted by Gasteiger charge is 2.61. The Morgan fingerprint density at radius 1 is 1.04 bits per heavy atom. The molecular formula is C20H25NO2S. The van der Waals surface area contributed by atoms with Gasteiger partial charge in [0.2, 0.25) is 10.0 Å². The minimum Gasteiger partial charge on any atom is -0.207 e. The molecule has 3 nitrogen and oxygen atoms in total. The summed E-state index contributed by atoms with van der Waals surface area (Å²) in [6.07, 6.45) is 3.28. The Bertz CT molecular complexity index is 903. The lowest BCUT2D eigenvalue weighted by Crippen LogP contribution is -2.46. The first kappa shape index (κ1) is 16.1. The third kappa shape index (κ3) is 2.16. The van der Waals surface area contributed by atoms with Crippen LogP contribution in [0.25, 0.3) is 10.8 Å². The van der Waals surface area contributed by atoms with E-state index >= 15 is 0 Å². The van der Waals surface area contributed by atoms with Gasteiger partial charge in [-0.15, -0.1) is 0 Å². The van der Waals surface area contributed by atoms with E-state index in [1.807, 2.05) is 30.3 Å². The van der Waals surface area contributed by atoms with Crippen LogP contribution in [0.5, 0.6) is 0 Å². The Morgan fingerprint density at radius 2 is 1.75 bits per heavy atom. The van der Waals surface area contributed by atoms with Gasteiger partial charge in [0.1, 0.15) is 0 Å². The van der Waals surface area contributed by atoms with Gasteiger partial charge in [-0.3, -0.25) is 0 Å². The van der Waals surface area contributed by atoms with Crippen molar-refractivity contribution in [2.24, 2.45) is 16.7 Å². The van der Waals surface area contributed by atoms with Crippen molar-refractivity contribution >= 4 is 20.8 Å². The molecule has 2 aromatic carbocycles. The molecule has 0 aromatic heterocycles. The van der Waals surface area contributed by atoms with Gasteiger partial charge in [0, 0.05) is 6.04 Å². The molecule has 4 heteroatoms. The van der Waals surface area contributed by atoms with E-state index in [9.17, 15) is 8.42 Å². The topological polar surface area (TPSA) is 46.2 Å². The number of benzene rings is 2. The van der Waals surface area contributed by atoms with Gasteiger partial charge in [0.05, 0.1) is 4.90 Å². The van der Waals surface area contributed by atoms with Crippen LogP contribution in [0.2, 0.25) is 0 Å². The van der Waals surface area contributed by atoms with Crippen LogP contribution in [0.1, 0.15) is 40.0 Å². The van der Waals surface area contributed by atoms with E-state index in [2.05, 4.69) is 25.5 Å². The fraction of sp³-hybridized carbons (Fsp3) is 0.500. The van der Waals surface area contributed by atoms with Gasteiger partial charge in [0.25, 0.3) is 0 Å².